The van der Waals surface area contributed by atoms with Crippen molar-refractivity contribution in [2.45, 2.75) is 13.5 Å². The second-order valence-electron chi connectivity index (χ2n) is 5.84. The lowest BCUT2D eigenvalue weighted by Crippen LogP contribution is -2.10. The zero-order valence-electron chi connectivity index (χ0n) is 13.7. The van der Waals surface area contributed by atoms with Gasteiger partial charge in [0.1, 0.15) is 12.2 Å². The predicted molar refractivity (Wildman–Crippen MR) is 95.7 cm³/mol. The number of aryl methyl sites for hydroxylation is 1. The minimum absolute atomic E-state index is 0.164. The minimum Gasteiger partial charge on any atom is -0.481 e. The number of hydrogen-bond acceptors (Lipinski definition) is 4. The largest absolute Gasteiger partial charge is 0.481 e. The van der Waals surface area contributed by atoms with Crippen LogP contribution in [-0.4, -0.2) is 0 Å². The van der Waals surface area contributed by atoms with Gasteiger partial charge in [0, 0.05) is 0 Å². The molecule has 124 valence electrons. The maximum absolute atomic E-state index is 13.0. The molecule has 0 atom stereocenters. The third-order valence-electron chi connectivity index (χ3n) is 3.98. The minimum atomic E-state index is -0.202. The summed E-state index contributed by atoms with van der Waals surface area (Å²) in [5.74, 6) is 0.932. The highest BCUT2D eigenvalue weighted by Crippen LogP contribution is 2.31. The zero-order chi connectivity index (χ0) is 17.2. The molecule has 0 bridgehead atoms. The van der Waals surface area contributed by atoms with Gasteiger partial charge in [-0.25, -0.2) is 0 Å². The van der Waals surface area contributed by atoms with Crippen LogP contribution in [0.2, 0.25) is 0 Å². The lowest BCUT2D eigenvalue weighted by atomic mass is 10.1. The molecular formula is C21H16O4. The van der Waals surface area contributed by atoms with E-state index in [2.05, 4.69) is 0 Å². The highest BCUT2D eigenvalue weighted by molar-refractivity contribution is 5.81. The van der Waals surface area contributed by atoms with Crippen LogP contribution in [0.3, 0.4) is 0 Å². The maximum Gasteiger partial charge on any atom is 0.235 e. The highest BCUT2D eigenvalue weighted by Gasteiger charge is 2.19. The Morgan fingerprint density at radius 3 is 2.60 bits per heavy atom. The molecule has 4 heteroatoms. The lowest BCUT2D eigenvalue weighted by molar-refractivity contribution is 0.296. The van der Waals surface area contributed by atoms with Crippen LogP contribution in [0.1, 0.15) is 11.1 Å². The fourth-order valence-corrected chi connectivity index (χ4v) is 2.72. The first-order valence-electron chi connectivity index (χ1n) is 8.00. The van der Waals surface area contributed by atoms with Gasteiger partial charge in [-0.3, -0.25) is 4.79 Å². The van der Waals surface area contributed by atoms with E-state index in [0.717, 1.165) is 11.1 Å². The highest BCUT2D eigenvalue weighted by atomic mass is 16.5. The van der Waals surface area contributed by atoms with E-state index < -0.39 is 0 Å². The molecule has 0 aliphatic heterocycles. The molecule has 25 heavy (non-hydrogen) atoms. The molecule has 0 saturated carbocycles. The summed E-state index contributed by atoms with van der Waals surface area (Å²) in [5, 5.41) is 0.498. The van der Waals surface area contributed by atoms with Crippen LogP contribution in [-0.2, 0) is 6.61 Å². The van der Waals surface area contributed by atoms with Crippen LogP contribution in [0, 0.1) is 6.92 Å². The van der Waals surface area contributed by atoms with Gasteiger partial charge >= 0.3 is 0 Å². The van der Waals surface area contributed by atoms with Gasteiger partial charge in [-0.2, -0.15) is 0 Å². The summed E-state index contributed by atoms with van der Waals surface area (Å²) in [5.41, 5.74) is 2.26. The Morgan fingerprint density at radius 2 is 1.84 bits per heavy atom. The standard InChI is InChI=1S/C21H16O4/c1-14-9-10-17-16(12-14)19(22)21(20(25-17)18-8-5-11-23-18)24-13-15-6-3-2-4-7-15/h2-12H,13H2,1H3. The lowest BCUT2D eigenvalue weighted by Gasteiger charge is -2.10. The molecule has 0 radical (unpaired) electrons. The molecule has 2 aromatic heterocycles. The van der Waals surface area contributed by atoms with Crippen LogP contribution in [0.15, 0.2) is 80.6 Å². The molecule has 0 aliphatic carbocycles. The van der Waals surface area contributed by atoms with Crippen molar-refractivity contribution in [2.24, 2.45) is 0 Å². The molecule has 0 N–H and O–H groups in total. The summed E-state index contributed by atoms with van der Waals surface area (Å²) >= 11 is 0. The number of ether oxygens (including phenoxy) is 1. The first-order valence-corrected chi connectivity index (χ1v) is 8.00. The van der Waals surface area contributed by atoms with E-state index in [1.165, 1.54) is 6.26 Å². The Hall–Kier alpha value is -3.27. The van der Waals surface area contributed by atoms with Gasteiger partial charge in [0.25, 0.3) is 0 Å². The number of fused-ring (bicyclic) bond motifs is 1. The van der Waals surface area contributed by atoms with E-state index in [-0.39, 0.29) is 17.8 Å². The fourth-order valence-electron chi connectivity index (χ4n) is 2.72. The summed E-state index contributed by atoms with van der Waals surface area (Å²) in [4.78, 5) is 13.0. The summed E-state index contributed by atoms with van der Waals surface area (Å²) in [6, 6.07) is 18.7. The second kappa shape index (κ2) is 6.32. The maximum atomic E-state index is 13.0. The zero-order valence-corrected chi connectivity index (χ0v) is 13.7. The van der Waals surface area contributed by atoms with Crippen molar-refractivity contribution in [1.82, 2.24) is 0 Å². The number of benzene rings is 2. The van der Waals surface area contributed by atoms with E-state index in [1.807, 2.05) is 49.4 Å². The van der Waals surface area contributed by atoms with Crippen LogP contribution in [0.5, 0.6) is 5.75 Å². The van der Waals surface area contributed by atoms with Crippen LogP contribution < -0.4 is 10.2 Å². The van der Waals surface area contributed by atoms with Gasteiger partial charge in [0.2, 0.25) is 16.9 Å². The Morgan fingerprint density at radius 1 is 1.00 bits per heavy atom. The number of furan rings is 1. The number of rotatable bonds is 4. The van der Waals surface area contributed by atoms with E-state index in [9.17, 15) is 4.79 Å². The molecule has 0 fully saturated rings. The topological polar surface area (TPSA) is 52.6 Å². The third kappa shape index (κ3) is 2.94. The van der Waals surface area contributed by atoms with Gasteiger partial charge in [-0.1, -0.05) is 42.0 Å². The Bertz CT molecular complexity index is 1060. The van der Waals surface area contributed by atoms with Crippen molar-refractivity contribution in [3.8, 4) is 17.3 Å². The Labute approximate surface area is 144 Å². The molecule has 2 aromatic carbocycles. The third-order valence-corrected chi connectivity index (χ3v) is 3.98. The van der Waals surface area contributed by atoms with Crippen molar-refractivity contribution in [2.75, 3.05) is 0 Å². The first-order chi connectivity index (χ1) is 12.2. The molecule has 0 aliphatic rings. The molecule has 4 aromatic rings. The van der Waals surface area contributed by atoms with Crippen molar-refractivity contribution in [1.29, 1.82) is 0 Å². The summed E-state index contributed by atoms with van der Waals surface area (Å²) < 4.78 is 17.2. The molecule has 0 saturated heterocycles. The van der Waals surface area contributed by atoms with Crippen molar-refractivity contribution in [3.63, 3.8) is 0 Å². The quantitative estimate of drug-likeness (QED) is 0.531. The van der Waals surface area contributed by atoms with Crippen LogP contribution >= 0.6 is 0 Å². The van der Waals surface area contributed by atoms with E-state index in [1.54, 1.807) is 18.2 Å². The molecule has 0 amide bonds. The average molecular weight is 332 g/mol. The van der Waals surface area contributed by atoms with Crippen molar-refractivity contribution >= 4 is 11.0 Å². The van der Waals surface area contributed by atoms with Gasteiger partial charge in [0.05, 0.1) is 11.6 Å². The summed E-state index contributed by atoms with van der Waals surface area (Å²) in [6.45, 7) is 2.21. The van der Waals surface area contributed by atoms with Crippen molar-refractivity contribution in [3.05, 3.63) is 88.3 Å². The second-order valence-corrected chi connectivity index (χ2v) is 5.84. The molecule has 0 unspecified atom stereocenters. The van der Waals surface area contributed by atoms with E-state index >= 15 is 0 Å². The molecule has 2 heterocycles. The average Bonchev–Trinajstić information content (AvgIpc) is 3.17. The predicted octanol–water partition coefficient (Wildman–Crippen LogP) is 4.94. The van der Waals surface area contributed by atoms with Gasteiger partial charge < -0.3 is 13.6 Å². The van der Waals surface area contributed by atoms with Crippen LogP contribution in [0.4, 0.5) is 0 Å². The molecule has 0 spiro atoms. The smallest absolute Gasteiger partial charge is 0.235 e. The van der Waals surface area contributed by atoms with Crippen molar-refractivity contribution < 1.29 is 13.6 Å². The van der Waals surface area contributed by atoms with Gasteiger partial charge in [-0.05, 0) is 36.8 Å². The monoisotopic (exact) mass is 332 g/mol. The fraction of sp³-hybridized carbons (Fsp3) is 0.0952. The normalized spacial score (nSPS) is 10.9. The van der Waals surface area contributed by atoms with Gasteiger partial charge in [0.15, 0.2) is 5.76 Å². The van der Waals surface area contributed by atoms with Gasteiger partial charge in [-0.15, -0.1) is 0 Å². The molecule has 4 nitrogen and oxygen atoms in total. The molecular weight excluding hydrogens is 316 g/mol. The molecule has 4 rings (SSSR count). The first kappa shape index (κ1) is 15.3. The Kier molecular flexibility index (Phi) is 3.86. The van der Waals surface area contributed by atoms with Crippen LogP contribution in [0.25, 0.3) is 22.5 Å². The van der Waals surface area contributed by atoms with E-state index in [0.29, 0.717) is 22.5 Å². The van der Waals surface area contributed by atoms with E-state index in [4.69, 9.17) is 13.6 Å². The SMILES string of the molecule is Cc1ccc2oc(-c3ccco3)c(OCc3ccccc3)c(=O)c2c1. The summed E-state index contributed by atoms with van der Waals surface area (Å²) in [6.07, 6.45) is 1.54. The summed E-state index contributed by atoms with van der Waals surface area (Å²) in [7, 11) is 0. The number of hydrogen-bond donors (Lipinski definition) is 0. The Balaban J connectivity index is 1.86.